The number of hydrogen-bond acceptors (Lipinski definition) is 4. The SMILES string of the molecule is Cl.NC(CNC(=O)c1ccccc1NS(=O)(=O)c1cc(F)ccc1F)C1CC1. The highest BCUT2D eigenvalue weighted by Crippen LogP contribution is 2.31. The Morgan fingerprint density at radius 2 is 1.86 bits per heavy atom. The van der Waals surface area contributed by atoms with Gasteiger partial charge < -0.3 is 11.1 Å². The predicted octanol–water partition coefficient (Wildman–Crippen LogP) is 2.65. The lowest BCUT2D eigenvalue weighted by atomic mass is 10.1. The van der Waals surface area contributed by atoms with E-state index in [1.165, 1.54) is 18.2 Å². The highest BCUT2D eigenvalue weighted by atomic mass is 35.5. The van der Waals surface area contributed by atoms with Crippen LogP contribution in [0.5, 0.6) is 0 Å². The van der Waals surface area contributed by atoms with Gasteiger partial charge in [-0.05, 0) is 49.1 Å². The Kier molecular flexibility index (Phi) is 6.97. The van der Waals surface area contributed by atoms with Gasteiger partial charge in [-0.25, -0.2) is 17.2 Å². The van der Waals surface area contributed by atoms with Gasteiger partial charge in [-0.1, -0.05) is 12.1 Å². The summed E-state index contributed by atoms with van der Waals surface area (Å²) in [6.07, 6.45) is 2.07. The van der Waals surface area contributed by atoms with Crippen molar-refractivity contribution in [3.63, 3.8) is 0 Å². The molecule has 1 unspecified atom stereocenters. The predicted molar refractivity (Wildman–Crippen MR) is 104 cm³/mol. The maximum absolute atomic E-state index is 13.8. The minimum Gasteiger partial charge on any atom is -0.350 e. The lowest BCUT2D eigenvalue weighted by Crippen LogP contribution is -2.38. The highest BCUT2D eigenvalue weighted by Gasteiger charge is 2.29. The van der Waals surface area contributed by atoms with Gasteiger partial charge >= 0.3 is 0 Å². The summed E-state index contributed by atoms with van der Waals surface area (Å²) in [5.41, 5.74) is 5.96. The third-order valence-electron chi connectivity index (χ3n) is 4.32. The van der Waals surface area contributed by atoms with Crippen LogP contribution in [0, 0.1) is 17.6 Å². The second-order valence-electron chi connectivity index (χ2n) is 6.44. The van der Waals surface area contributed by atoms with E-state index in [0.29, 0.717) is 12.0 Å². The molecule has 1 saturated carbocycles. The van der Waals surface area contributed by atoms with Gasteiger partial charge in [0.2, 0.25) is 0 Å². The minimum absolute atomic E-state index is 0. The summed E-state index contributed by atoms with van der Waals surface area (Å²) >= 11 is 0. The van der Waals surface area contributed by atoms with E-state index in [0.717, 1.165) is 25.0 Å². The fourth-order valence-electron chi connectivity index (χ4n) is 2.65. The van der Waals surface area contributed by atoms with Crippen molar-refractivity contribution in [1.29, 1.82) is 0 Å². The van der Waals surface area contributed by atoms with Crippen molar-refractivity contribution in [3.8, 4) is 0 Å². The maximum Gasteiger partial charge on any atom is 0.264 e. The summed E-state index contributed by atoms with van der Waals surface area (Å²) in [4.78, 5) is 11.6. The first-order chi connectivity index (χ1) is 12.8. The van der Waals surface area contributed by atoms with Crippen molar-refractivity contribution < 1.29 is 22.0 Å². The molecule has 2 aromatic rings. The normalized spacial score (nSPS) is 14.7. The molecule has 0 spiro atoms. The van der Waals surface area contributed by atoms with E-state index in [1.54, 1.807) is 6.07 Å². The van der Waals surface area contributed by atoms with Crippen LogP contribution in [0.2, 0.25) is 0 Å². The molecule has 28 heavy (non-hydrogen) atoms. The summed E-state index contributed by atoms with van der Waals surface area (Å²) in [5, 5.41) is 2.67. The van der Waals surface area contributed by atoms with E-state index in [2.05, 4.69) is 10.0 Å². The van der Waals surface area contributed by atoms with Crippen molar-refractivity contribution in [2.24, 2.45) is 11.7 Å². The van der Waals surface area contributed by atoms with Crippen LogP contribution in [-0.2, 0) is 10.0 Å². The summed E-state index contributed by atoms with van der Waals surface area (Å²) in [5.74, 6) is -2.10. The molecule has 0 bridgehead atoms. The number of carbonyl (C=O) groups excluding carboxylic acids is 1. The van der Waals surface area contributed by atoms with Crippen molar-refractivity contribution in [2.45, 2.75) is 23.8 Å². The summed E-state index contributed by atoms with van der Waals surface area (Å²) < 4.78 is 54.2. The molecule has 0 aromatic heterocycles. The van der Waals surface area contributed by atoms with Crippen LogP contribution in [0.4, 0.5) is 14.5 Å². The van der Waals surface area contributed by atoms with Crippen molar-refractivity contribution in [1.82, 2.24) is 5.32 Å². The fraction of sp³-hybridized carbons (Fsp3) is 0.278. The smallest absolute Gasteiger partial charge is 0.264 e. The first-order valence-electron chi connectivity index (χ1n) is 8.38. The number of rotatable bonds is 7. The van der Waals surface area contributed by atoms with Gasteiger partial charge in [0.1, 0.15) is 16.5 Å². The summed E-state index contributed by atoms with van der Waals surface area (Å²) in [7, 11) is -4.43. The number of carbonyl (C=O) groups is 1. The van der Waals surface area contributed by atoms with Crippen molar-refractivity contribution >= 4 is 34.0 Å². The zero-order valence-corrected chi connectivity index (χ0v) is 16.3. The standard InChI is InChI=1S/C18H19F2N3O3S.ClH/c19-12-7-8-14(20)17(9-12)27(25,26)23-16-4-2-1-3-13(16)18(24)22-10-15(21)11-5-6-11;/h1-4,7-9,11,15,23H,5-6,10,21H2,(H,22,24);1H. The number of nitrogens with two attached hydrogens (primary N) is 1. The Morgan fingerprint density at radius 3 is 2.54 bits per heavy atom. The van der Waals surface area contributed by atoms with Gasteiger partial charge in [0, 0.05) is 12.6 Å². The zero-order valence-electron chi connectivity index (χ0n) is 14.7. The summed E-state index contributed by atoms with van der Waals surface area (Å²) in [6, 6.07) is 7.85. The fourth-order valence-corrected chi connectivity index (χ4v) is 3.82. The molecule has 2 aromatic carbocycles. The van der Waals surface area contributed by atoms with Gasteiger partial charge in [-0.15, -0.1) is 12.4 Å². The molecule has 1 aliphatic rings. The van der Waals surface area contributed by atoms with Crippen LogP contribution in [0.1, 0.15) is 23.2 Å². The molecule has 3 rings (SSSR count). The van der Waals surface area contributed by atoms with Gasteiger partial charge in [0.15, 0.2) is 0 Å². The van der Waals surface area contributed by atoms with Gasteiger partial charge in [0.25, 0.3) is 15.9 Å². The van der Waals surface area contributed by atoms with Crippen molar-refractivity contribution in [3.05, 3.63) is 59.7 Å². The second-order valence-corrected chi connectivity index (χ2v) is 8.09. The summed E-state index contributed by atoms with van der Waals surface area (Å²) in [6.45, 7) is 0.267. The number of hydrogen-bond donors (Lipinski definition) is 3. The minimum atomic E-state index is -4.43. The topological polar surface area (TPSA) is 101 Å². The molecular formula is C18H20ClF2N3O3S. The number of nitrogens with one attached hydrogen (secondary N) is 2. The molecule has 10 heteroatoms. The van der Waals surface area contributed by atoms with Gasteiger partial charge in [-0.2, -0.15) is 0 Å². The molecule has 1 aliphatic carbocycles. The molecule has 0 radical (unpaired) electrons. The third-order valence-corrected chi connectivity index (χ3v) is 5.71. The van der Waals surface area contributed by atoms with Crippen LogP contribution in [0.15, 0.2) is 47.4 Å². The number of sulfonamides is 1. The average molecular weight is 432 g/mol. The zero-order chi connectivity index (χ0) is 19.6. The van der Waals surface area contributed by atoms with E-state index in [4.69, 9.17) is 5.73 Å². The monoisotopic (exact) mass is 431 g/mol. The van der Waals surface area contributed by atoms with Crippen molar-refractivity contribution in [2.75, 3.05) is 11.3 Å². The number of halogens is 3. The van der Waals surface area contributed by atoms with Gasteiger partial charge in [-0.3, -0.25) is 9.52 Å². The Hall–Kier alpha value is -2.23. The molecular weight excluding hydrogens is 412 g/mol. The Morgan fingerprint density at radius 1 is 1.18 bits per heavy atom. The van der Waals surface area contributed by atoms with E-state index >= 15 is 0 Å². The van der Waals surface area contributed by atoms with E-state index in [-0.39, 0.29) is 36.2 Å². The number of benzene rings is 2. The molecule has 0 heterocycles. The molecule has 0 saturated heterocycles. The molecule has 1 fully saturated rings. The van der Waals surface area contributed by atoms with Crippen LogP contribution in [0.3, 0.4) is 0 Å². The van der Waals surface area contributed by atoms with Crippen LogP contribution in [-0.4, -0.2) is 26.9 Å². The maximum atomic E-state index is 13.8. The molecule has 4 N–H and O–H groups in total. The van der Waals surface area contributed by atoms with Crippen LogP contribution < -0.4 is 15.8 Å². The third kappa shape index (κ3) is 5.18. The Bertz CT molecular complexity index is 968. The molecule has 152 valence electrons. The lowest BCUT2D eigenvalue weighted by Gasteiger charge is -2.15. The highest BCUT2D eigenvalue weighted by molar-refractivity contribution is 7.92. The first-order valence-corrected chi connectivity index (χ1v) is 9.87. The Labute approximate surface area is 168 Å². The Balaban J connectivity index is 0.00000280. The lowest BCUT2D eigenvalue weighted by molar-refractivity contribution is 0.0951. The number of amides is 1. The quantitative estimate of drug-likeness (QED) is 0.627. The molecule has 6 nitrogen and oxygen atoms in total. The van der Waals surface area contributed by atoms with Crippen LogP contribution >= 0.6 is 12.4 Å². The van der Waals surface area contributed by atoms with Crippen LogP contribution in [0.25, 0.3) is 0 Å². The average Bonchev–Trinajstić information content (AvgIpc) is 3.46. The number of anilines is 1. The molecule has 0 aliphatic heterocycles. The van der Waals surface area contributed by atoms with E-state index < -0.39 is 32.5 Å². The second kappa shape index (κ2) is 8.85. The molecule has 1 amide bonds. The first kappa shape index (κ1) is 22.1. The van der Waals surface area contributed by atoms with E-state index in [1.807, 2.05) is 0 Å². The van der Waals surface area contributed by atoms with E-state index in [9.17, 15) is 22.0 Å². The molecule has 1 atom stereocenters. The number of para-hydroxylation sites is 1. The largest absolute Gasteiger partial charge is 0.350 e. The van der Waals surface area contributed by atoms with Gasteiger partial charge in [0.05, 0.1) is 11.3 Å².